The lowest BCUT2D eigenvalue weighted by molar-refractivity contribution is 0.463. The van der Waals surface area contributed by atoms with Gasteiger partial charge in [-0.05, 0) is 34.1 Å². The number of aromatic nitrogens is 1. The number of halogens is 2. The van der Waals surface area contributed by atoms with Crippen molar-refractivity contribution in [3.63, 3.8) is 0 Å². The first kappa shape index (κ1) is 11.2. The maximum Gasteiger partial charge on any atom is 0.242 e. The number of pyridine rings is 1. The summed E-state index contributed by atoms with van der Waals surface area (Å²) in [5.74, 6) is 1.00. The van der Waals surface area contributed by atoms with Crippen LogP contribution in [0.2, 0.25) is 5.02 Å². The fourth-order valence-corrected chi connectivity index (χ4v) is 1.69. The average molecular weight is 300 g/mol. The minimum Gasteiger partial charge on any atom is -0.436 e. The van der Waals surface area contributed by atoms with E-state index in [-0.39, 0.29) is 0 Å². The van der Waals surface area contributed by atoms with Gasteiger partial charge in [0.2, 0.25) is 5.88 Å². The van der Waals surface area contributed by atoms with Crippen molar-refractivity contribution in [3.8, 4) is 11.6 Å². The Kier molecular flexibility index (Phi) is 3.31. The van der Waals surface area contributed by atoms with Gasteiger partial charge in [-0.3, -0.25) is 0 Å². The first-order valence-electron chi connectivity index (χ1n) is 4.50. The third kappa shape index (κ3) is 2.46. The number of nitrogen functional groups attached to an aromatic ring is 1. The number of hydrogen-bond acceptors (Lipinski definition) is 3. The van der Waals surface area contributed by atoms with E-state index in [0.29, 0.717) is 22.3 Å². The first-order chi connectivity index (χ1) is 7.66. The van der Waals surface area contributed by atoms with Crippen LogP contribution in [0.25, 0.3) is 0 Å². The molecule has 1 heterocycles. The molecule has 0 spiro atoms. The van der Waals surface area contributed by atoms with E-state index >= 15 is 0 Å². The smallest absolute Gasteiger partial charge is 0.242 e. The fourth-order valence-electron chi connectivity index (χ4n) is 1.16. The van der Waals surface area contributed by atoms with Crippen LogP contribution in [0.5, 0.6) is 11.6 Å². The van der Waals surface area contributed by atoms with Crippen molar-refractivity contribution in [2.24, 2.45) is 0 Å². The third-order valence-electron chi connectivity index (χ3n) is 1.89. The molecule has 0 aliphatic heterocycles. The normalized spacial score (nSPS) is 10.1. The van der Waals surface area contributed by atoms with Crippen LogP contribution in [-0.2, 0) is 0 Å². The Morgan fingerprint density at radius 2 is 2.06 bits per heavy atom. The van der Waals surface area contributed by atoms with E-state index in [1.54, 1.807) is 6.07 Å². The highest BCUT2D eigenvalue weighted by molar-refractivity contribution is 9.10. The van der Waals surface area contributed by atoms with Crippen molar-refractivity contribution in [2.75, 3.05) is 5.73 Å². The molecule has 2 aromatic rings. The molecule has 0 saturated carbocycles. The Bertz CT molecular complexity index is 519. The predicted molar refractivity (Wildman–Crippen MR) is 67.9 cm³/mol. The van der Waals surface area contributed by atoms with Crippen LogP contribution in [0, 0.1) is 0 Å². The number of benzene rings is 1. The molecule has 16 heavy (non-hydrogen) atoms. The first-order valence-corrected chi connectivity index (χ1v) is 5.67. The SMILES string of the molecule is Nc1cc(Cl)cnc1Oc1ccccc1Br. The highest BCUT2D eigenvalue weighted by Crippen LogP contribution is 2.31. The zero-order chi connectivity index (χ0) is 11.5. The van der Waals surface area contributed by atoms with Crippen LogP contribution in [-0.4, -0.2) is 4.98 Å². The van der Waals surface area contributed by atoms with Crippen molar-refractivity contribution in [2.45, 2.75) is 0 Å². The Hall–Kier alpha value is -1.26. The fraction of sp³-hybridized carbons (Fsp3) is 0. The quantitative estimate of drug-likeness (QED) is 0.915. The summed E-state index contributed by atoms with van der Waals surface area (Å²) < 4.78 is 6.39. The van der Waals surface area contributed by atoms with Crippen molar-refractivity contribution < 1.29 is 4.74 Å². The van der Waals surface area contributed by atoms with Crippen LogP contribution >= 0.6 is 27.5 Å². The van der Waals surface area contributed by atoms with Crippen LogP contribution in [0.3, 0.4) is 0 Å². The predicted octanol–water partition coefficient (Wildman–Crippen LogP) is 3.87. The van der Waals surface area contributed by atoms with Gasteiger partial charge in [0.25, 0.3) is 0 Å². The van der Waals surface area contributed by atoms with E-state index in [2.05, 4.69) is 20.9 Å². The van der Waals surface area contributed by atoms with E-state index in [1.807, 2.05) is 24.3 Å². The van der Waals surface area contributed by atoms with Gasteiger partial charge in [-0.1, -0.05) is 23.7 Å². The van der Waals surface area contributed by atoms with Crippen molar-refractivity contribution in [3.05, 3.63) is 46.0 Å². The van der Waals surface area contributed by atoms with Crippen LogP contribution in [0.1, 0.15) is 0 Å². The lowest BCUT2D eigenvalue weighted by Gasteiger charge is -2.08. The molecular formula is C11H8BrClN2O. The summed E-state index contributed by atoms with van der Waals surface area (Å²) in [4.78, 5) is 4.01. The third-order valence-corrected chi connectivity index (χ3v) is 2.75. The number of ether oxygens (including phenoxy) is 1. The highest BCUT2D eigenvalue weighted by Gasteiger charge is 2.06. The minimum absolute atomic E-state index is 0.344. The topological polar surface area (TPSA) is 48.1 Å². The van der Waals surface area contributed by atoms with Gasteiger partial charge in [-0.25, -0.2) is 4.98 Å². The maximum absolute atomic E-state index is 5.74. The Morgan fingerprint density at radius 1 is 1.31 bits per heavy atom. The van der Waals surface area contributed by atoms with Gasteiger partial charge in [0, 0.05) is 6.20 Å². The number of anilines is 1. The summed E-state index contributed by atoms with van der Waals surface area (Å²) in [6.07, 6.45) is 1.49. The molecule has 2 rings (SSSR count). The molecule has 5 heteroatoms. The van der Waals surface area contributed by atoms with Gasteiger partial charge in [0.15, 0.2) is 0 Å². The largest absolute Gasteiger partial charge is 0.436 e. The van der Waals surface area contributed by atoms with Crippen molar-refractivity contribution in [1.82, 2.24) is 4.98 Å². The van der Waals surface area contributed by atoms with Gasteiger partial charge >= 0.3 is 0 Å². The van der Waals surface area contributed by atoms with E-state index in [1.165, 1.54) is 6.20 Å². The second-order valence-electron chi connectivity index (χ2n) is 3.08. The monoisotopic (exact) mass is 298 g/mol. The van der Waals surface area contributed by atoms with Crippen LogP contribution in [0.4, 0.5) is 5.69 Å². The van der Waals surface area contributed by atoms with E-state index in [4.69, 9.17) is 22.1 Å². The molecule has 0 atom stereocenters. The van der Waals surface area contributed by atoms with Crippen molar-refractivity contribution >= 4 is 33.2 Å². The molecular weight excluding hydrogens is 291 g/mol. The summed E-state index contributed by atoms with van der Waals surface area (Å²) in [6, 6.07) is 9.06. The molecule has 0 amide bonds. The molecule has 82 valence electrons. The molecule has 0 saturated heterocycles. The van der Waals surface area contributed by atoms with Gasteiger partial charge in [-0.15, -0.1) is 0 Å². The molecule has 0 aliphatic rings. The Morgan fingerprint density at radius 3 is 2.75 bits per heavy atom. The van der Waals surface area contributed by atoms with E-state index in [0.717, 1.165) is 4.47 Å². The van der Waals surface area contributed by atoms with Gasteiger partial charge in [0.05, 0.1) is 15.2 Å². The molecule has 3 nitrogen and oxygen atoms in total. The number of hydrogen-bond donors (Lipinski definition) is 1. The molecule has 1 aromatic carbocycles. The summed E-state index contributed by atoms with van der Waals surface area (Å²) >= 11 is 9.12. The van der Waals surface area contributed by atoms with Gasteiger partial charge < -0.3 is 10.5 Å². The minimum atomic E-state index is 0.344. The highest BCUT2D eigenvalue weighted by atomic mass is 79.9. The van der Waals surface area contributed by atoms with E-state index < -0.39 is 0 Å². The number of rotatable bonds is 2. The average Bonchev–Trinajstić information content (AvgIpc) is 2.25. The lowest BCUT2D eigenvalue weighted by Crippen LogP contribution is -1.95. The summed E-state index contributed by atoms with van der Waals surface area (Å²) in [7, 11) is 0. The number of nitrogens with two attached hydrogens (primary N) is 1. The summed E-state index contributed by atoms with van der Waals surface area (Å²) in [5, 5.41) is 0.483. The van der Waals surface area contributed by atoms with Gasteiger partial charge in [0.1, 0.15) is 5.75 Å². The van der Waals surface area contributed by atoms with Crippen LogP contribution < -0.4 is 10.5 Å². The second kappa shape index (κ2) is 4.72. The number of nitrogens with zero attached hydrogens (tertiary/aromatic N) is 1. The molecule has 0 unspecified atom stereocenters. The Labute approximate surface area is 106 Å². The zero-order valence-electron chi connectivity index (χ0n) is 8.15. The summed E-state index contributed by atoms with van der Waals surface area (Å²) in [5.41, 5.74) is 6.14. The second-order valence-corrected chi connectivity index (χ2v) is 4.37. The maximum atomic E-state index is 5.74. The lowest BCUT2D eigenvalue weighted by atomic mass is 10.3. The van der Waals surface area contributed by atoms with E-state index in [9.17, 15) is 0 Å². The zero-order valence-corrected chi connectivity index (χ0v) is 10.5. The summed E-state index contributed by atoms with van der Waals surface area (Å²) in [6.45, 7) is 0. The standard InChI is InChI=1S/C11H8BrClN2O/c12-8-3-1-2-4-10(8)16-11-9(14)5-7(13)6-15-11/h1-6H,14H2. The van der Waals surface area contributed by atoms with Crippen LogP contribution in [0.15, 0.2) is 41.0 Å². The molecule has 1 aromatic heterocycles. The molecule has 0 aliphatic carbocycles. The van der Waals surface area contributed by atoms with Crippen molar-refractivity contribution in [1.29, 1.82) is 0 Å². The molecule has 0 fully saturated rings. The molecule has 2 N–H and O–H groups in total. The Balaban J connectivity index is 2.31. The number of para-hydroxylation sites is 1. The molecule has 0 bridgehead atoms. The molecule has 0 radical (unpaired) electrons. The van der Waals surface area contributed by atoms with Gasteiger partial charge in [-0.2, -0.15) is 0 Å².